The molecule has 0 aromatic heterocycles. The van der Waals surface area contributed by atoms with Crippen LogP contribution in [0, 0.1) is 0 Å². The summed E-state index contributed by atoms with van der Waals surface area (Å²) in [6, 6.07) is 5.39. The van der Waals surface area contributed by atoms with E-state index in [4.69, 9.17) is 21.1 Å². The SMILES string of the molecule is CCOc1cc(N2CCOC(C)(C)C2)ccc1NC(=O)C(F)Cl. The minimum absolute atomic E-state index is 0.225. The predicted octanol–water partition coefficient (Wildman–Crippen LogP) is 3.17. The third-order valence-electron chi connectivity index (χ3n) is 3.51. The molecule has 0 spiro atoms. The number of anilines is 2. The largest absolute Gasteiger partial charge is 0.492 e. The lowest BCUT2D eigenvalue weighted by atomic mass is 10.1. The third-order valence-corrected chi connectivity index (χ3v) is 3.71. The van der Waals surface area contributed by atoms with E-state index in [1.807, 2.05) is 32.9 Å². The Morgan fingerprint density at radius 1 is 1.57 bits per heavy atom. The summed E-state index contributed by atoms with van der Waals surface area (Å²) < 4.78 is 24.1. The number of ether oxygens (including phenoxy) is 2. The van der Waals surface area contributed by atoms with Gasteiger partial charge >= 0.3 is 0 Å². The highest BCUT2D eigenvalue weighted by molar-refractivity contribution is 6.31. The van der Waals surface area contributed by atoms with E-state index in [0.717, 1.165) is 18.8 Å². The Morgan fingerprint density at radius 2 is 2.30 bits per heavy atom. The molecule has 1 aromatic carbocycles. The van der Waals surface area contributed by atoms with E-state index in [1.54, 1.807) is 6.07 Å². The van der Waals surface area contributed by atoms with Crippen LogP contribution in [0.15, 0.2) is 18.2 Å². The Hall–Kier alpha value is -1.53. The Labute approximate surface area is 140 Å². The molecule has 1 aromatic rings. The van der Waals surface area contributed by atoms with Crippen LogP contribution in [0.1, 0.15) is 20.8 Å². The van der Waals surface area contributed by atoms with E-state index in [9.17, 15) is 9.18 Å². The third kappa shape index (κ3) is 4.72. The molecule has 0 saturated carbocycles. The van der Waals surface area contributed by atoms with Gasteiger partial charge in [0.1, 0.15) is 5.75 Å². The fourth-order valence-electron chi connectivity index (χ4n) is 2.51. The lowest BCUT2D eigenvalue weighted by Crippen LogP contribution is -2.48. The molecule has 1 aliphatic heterocycles. The monoisotopic (exact) mass is 344 g/mol. The number of carbonyl (C=O) groups is 1. The number of halogens is 2. The summed E-state index contributed by atoms with van der Waals surface area (Å²) in [7, 11) is 0. The van der Waals surface area contributed by atoms with Gasteiger partial charge < -0.3 is 19.7 Å². The van der Waals surface area contributed by atoms with Crippen molar-refractivity contribution in [3.63, 3.8) is 0 Å². The number of alkyl halides is 2. The molecule has 0 radical (unpaired) electrons. The minimum atomic E-state index is -2.09. The molecule has 23 heavy (non-hydrogen) atoms. The van der Waals surface area contributed by atoms with Gasteiger partial charge in [-0.15, -0.1) is 0 Å². The second-order valence-electron chi connectivity index (χ2n) is 5.93. The first-order valence-corrected chi connectivity index (χ1v) is 8.01. The van der Waals surface area contributed by atoms with Gasteiger partial charge in [-0.05, 0) is 32.9 Å². The molecule has 1 amide bonds. The van der Waals surface area contributed by atoms with Crippen LogP contribution in [0.2, 0.25) is 0 Å². The number of benzene rings is 1. The van der Waals surface area contributed by atoms with Crippen molar-refractivity contribution in [2.24, 2.45) is 0 Å². The van der Waals surface area contributed by atoms with Crippen LogP contribution >= 0.6 is 11.6 Å². The van der Waals surface area contributed by atoms with Crippen LogP contribution < -0.4 is 15.0 Å². The first kappa shape index (κ1) is 17.8. The van der Waals surface area contributed by atoms with Crippen molar-refractivity contribution < 1.29 is 18.7 Å². The number of hydrogen-bond donors (Lipinski definition) is 1. The van der Waals surface area contributed by atoms with Crippen LogP contribution in [0.5, 0.6) is 5.75 Å². The fraction of sp³-hybridized carbons (Fsp3) is 0.562. The minimum Gasteiger partial charge on any atom is -0.492 e. The fourth-order valence-corrected chi connectivity index (χ4v) is 2.56. The van der Waals surface area contributed by atoms with Gasteiger partial charge in [0.15, 0.2) is 0 Å². The molecular weight excluding hydrogens is 323 g/mol. The molecule has 1 fully saturated rings. The first-order chi connectivity index (χ1) is 10.8. The maximum absolute atomic E-state index is 12.8. The van der Waals surface area contributed by atoms with Crippen molar-refractivity contribution in [2.45, 2.75) is 32.0 Å². The molecule has 0 bridgehead atoms. The molecule has 1 N–H and O–H groups in total. The van der Waals surface area contributed by atoms with Crippen molar-refractivity contribution in [3.05, 3.63) is 18.2 Å². The molecule has 0 aliphatic carbocycles. The number of nitrogens with zero attached hydrogens (tertiary/aromatic N) is 1. The highest BCUT2D eigenvalue weighted by Gasteiger charge is 2.28. The van der Waals surface area contributed by atoms with Gasteiger partial charge in [-0.25, -0.2) is 4.39 Å². The van der Waals surface area contributed by atoms with Crippen LogP contribution in [0.25, 0.3) is 0 Å². The molecule has 1 saturated heterocycles. The number of amides is 1. The lowest BCUT2D eigenvalue weighted by Gasteiger charge is -2.39. The predicted molar refractivity (Wildman–Crippen MR) is 89.2 cm³/mol. The number of carbonyl (C=O) groups excluding carboxylic acids is 1. The smallest absolute Gasteiger partial charge is 0.274 e. The highest BCUT2D eigenvalue weighted by atomic mass is 35.5. The molecule has 1 aliphatic rings. The zero-order valence-electron chi connectivity index (χ0n) is 13.6. The Morgan fingerprint density at radius 3 is 2.91 bits per heavy atom. The molecule has 1 unspecified atom stereocenters. The van der Waals surface area contributed by atoms with Crippen LogP contribution in [0.4, 0.5) is 15.8 Å². The summed E-state index contributed by atoms with van der Waals surface area (Å²) in [4.78, 5) is 13.6. The Bertz CT molecular complexity index is 566. The summed E-state index contributed by atoms with van der Waals surface area (Å²) >= 11 is 5.15. The highest BCUT2D eigenvalue weighted by Crippen LogP contribution is 2.32. The maximum Gasteiger partial charge on any atom is 0.274 e. The zero-order valence-corrected chi connectivity index (χ0v) is 14.3. The van der Waals surface area contributed by atoms with Crippen LogP contribution in [0.3, 0.4) is 0 Å². The summed E-state index contributed by atoms with van der Waals surface area (Å²) in [6.45, 7) is 8.52. The van der Waals surface area contributed by atoms with Crippen molar-refractivity contribution in [1.82, 2.24) is 0 Å². The van der Waals surface area contributed by atoms with E-state index in [-0.39, 0.29) is 5.60 Å². The average Bonchev–Trinajstić information content (AvgIpc) is 2.48. The summed E-state index contributed by atoms with van der Waals surface area (Å²) in [6.07, 6.45) is 0. The maximum atomic E-state index is 12.8. The van der Waals surface area contributed by atoms with E-state index in [2.05, 4.69) is 10.2 Å². The standard InChI is InChI=1S/C16H22ClFN2O3/c1-4-22-13-9-11(20-7-8-23-16(2,3)10-20)5-6-12(13)19-15(21)14(17)18/h5-6,9,14H,4,7-8,10H2,1-3H3,(H,19,21). The first-order valence-electron chi connectivity index (χ1n) is 7.57. The van der Waals surface area contributed by atoms with Gasteiger partial charge in [-0.2, -0.15) is 0 Å². The van der Waals surface area contributed by atoms with E-state index in [0.29, 0.717) is 24.7 Å². The van der Waals surface area contributed by atoms with Gasteiger partial charge in [0.25, 0.3) is 11.5 Å². The summed E-state index contributed by atoms with van der Waals surface area (Å²) in [5.74, 6) is -0.423. The molecular formula is C16H22ClFN2O3. The zero-order chi connectivity index (χ0) is 17.0. The van der Waals surface area contributed by atoms with Gasteiger partial charge in [0, 0.05) is 24.8 Å². The Kier molecular flexibility index (Phi) is 5.70. The molecule has 1 heterocycles. The summed E-state index contributed by atoms with van der Waals surface area (Å²) in [5.41, 5.74) is -0.956. The second kappa shape index (κ2) is 7.36. The van der Waals surface area contributed by atoms with Gasteiger partial charge in [0.05, 0.1) is 24.5 Å². The van der Waals surface area contributed by atoms with Gasteiger partial charge in [0.2, 0.25) is 0 Å². The van der Waals surface area contributed by atoms with Crippen LogP contribution in [-0.4, -0.2) is 43.4 Å². The lowest BCUT2D eigenvalue weighted by molar-refractivity contribution is -0.118. The number of morpholine rings is 1. The second-order valence-corrected chi connectivity index (χ2v) is 6.32. The number of nitrogens with one attached hydrogen (secondary N) is 1. The van der Waals surface area contributed by atoms with Crippen molar-refractivity contribution in [2.75, 3.05) is 36.5 Å². The molecule has 5 nitrogen and oxygen atoms in total. The van der Waals surface area contributed by atoms with Crippen molar-refractivity contribution >= 4 is 28.9 Å². The van der Waals surface area contributed by atoms with Crippen LogP contribution in [-0.2, 0) is 9.53 Å². The quantitative estimate of drug-likeness (QED) is 0.833. The normalized spacial score (nSPS) is 18.4. The van der Waals surface area contributed by atoms with Crippen molar-refractivity contribution in [1.29, 1.82) is 0 Å². The van der Waals surface area contributed by atoms with Gasteiger partial charge in [-0.1, -0.05) is 11.6 Å². The molecule has 2 rings (SSSR count). The van der Waals surface area contributed by atoms with E-state index < -0.39 is 11.5 Å². The number of rotatable bonds is 5. The summed E-state index contributed by atoms with van der Waals surface area (Å²) in [5, 5.41) is 2.43. The van der Waals surface area contributed by atoms with Crippen molar-refractivity contribution in [3.8, 4) is 5.75 Å². The molecule has 7 heteroatoms. The van der Waals surface area contributed by atoms with Gasteiger partial charge in [-0.3, -0.25) is 4.79 Å². The van der Waals surface area contributed by atoms with E-state index in [1.165, 1.54) is 0 Å². The average molecular weight is 345 g/mol. The molecule has 128 valence electrons. The number of hydrogen-bond acceptors (Lipinski definition) is 4. The topological polar surface area (TPSA) is 50.8 Å². The molecule has 1 atom stereocenters. The Balaban J connectivity index is 2.23. The van der Waals surface area contributed by atoms with E-state index >= 15 is 0 Å².